The number of piperazine rings is 1. The minimum Gasteiger partial charge on any atom is -0.355 e. The van der Waals surface area contributed by atoms with Crippen LogP contribution in [0, 0.1) is 0 Å². The number of carbonyl (C=O) groups is 1. The average molecular weight is 424 g/mol. The second-order valence-corrected chi connectivity index (χ2v) is 8.37. The molecule has 31 heavy (non-hydrogen) atoms. The van der Waals surface area contributed by atoms with E-state index in [-0.39, 0.29) is 5.91 Å². The van der Waals surface area contributed by atoms with Crippen LogP contribution in [0.15, 0.2) is 47.7 Å². The Morgan fingerprint density at radius 3 is 2.74 bits per heavy atom. The van der Waals surface area contributed by atoms with Crippen molar-refractivity contribution in [1.82, 2.24) is 24.9 Å². The number of rotatable bonds is 5. The van der Waals surface area contributed by atoms with Crippen molar-refractivity contribution in [3.8, 4) is 0 Å². The molecule has 1 aromatic carbocycles. The number of benzene rings is 1. The topological polar surface area (TPSA) is 69.0 Å². The standard InChI is InChI=1S/C23H33N7O/c1-24-23(29-12-13-30(22(31)18-29)21-15-26-27(2)17-21)25-14-20-10-6-7-11-28(20)16-19-8-4-3-5-9-19/h3-5,8-9,15,17,20H,6-7,10-14,16,18H2,1-2H3,(H,24,25). The number of nitrogens with zero attached hydrogens (tertiary/aromatic N) is 6. The van der Waals surface area contributed by atoms with Crippen molar-refractivity contribution in [3.63, 3.8) is 0 Å². The second-order valence-electron chi connectivity index (χ2n) is 8.37. The highest BCUT2D eigenvalue weighted by molar-refractivity contribution is 5.98. The maximum Gasteiger partial charge on any atom is 0.246 e. The van der Waals surface area contributed by atoms with E-state index in [1.807, 2.05) is 13.2 Å². The highest BCUT2D eigenvalue weighted by atomic mass is 16.2. The zero-order valence-electron chi connectivity index (χ0n) is 18.6. The van der Waals surface area contributed by atoms with E-state index < -0.39 is 0 Å². The number of aromatic nitrogens is 2. The summed E-state index contributed by atoms with van der Waals surface area (Å²) in [5.74, 6) is 0.884. The minimum atomic E-state index is 0.0746. The number of hydrogen-bond donors (Lipinski definition) is 1. The van der Waals surface area contributed by atoms with E-state index in [1.54, 1.807) is 22.8 Å². The lowest BCUT2D eigenvalue weighted by molar-refractivity contribution is -0.120. The Balaban J connectivity index is 1.33. The lowest BCUT2D eigenvalue weighted by atomic mass is 10.0. The van der Waals surface area contributed by atoms with Crippen LogP contribution in [0.25, 0.3) is 0 Å². The molecule has 1 amide bonds. The maximum atomic E-state index is 12.8. The second kappa shape index (κ2) is 9.96. The molecule has 0 bridgehead atoms. The van der Waals surface area contributed by atoms with Gasteiger partial charge in [-0.15, -0.1) is 0 Å². The van der Waals surface area contributed by atoms with E-state index in [2.05, 4.69) is 55.5 Å². The molecule has 2 aromatic rings. The van der Waals surface area contributed by atoms with Crippen LogP contribution in [0.1, 0.15) is 24.8 Å². The Morgan fingerprint density at radius 1 is 1.19 bits per heavy atom. The molecule has 1 atom stereocenters. The van der Waals surface area contributed by atoms with E-state index in [0.29, 0.717) is 19.1 Å². The molecule has 2 aliphatic heterocycles. The van der Waals surface area contributed by atoms with Crippen molar-refractivity contribution in [3.05, 3.63) is 48.3 Å². The normalized spacial score (nSPS) is 20.9. The molecule has 1 N–H and O–H groups in total. The van der Waals surface area contributed by atoms with Crippen LogP contribution in [0.5, 0.6) is 0 Å². The van der Waals surface area contributed by atoms with Crippen LogP contribution in [0.2, 0.25) is 0 Å². The Morgan fingerprint density at radius 2 is 2.03 bits per heavy atom. The molecule has 1 aromatic heterocycles. The monoisotopic (exact) mass is 423 g/mol. The number of carbonyl (C=O) groups excluding carboxylic acids is 1. The highest BCUT2D eigenvalue weighted by Gasteiger charge is 2.29. The van der Waals surface area contributed by atoms with Crippen LogP contribution in [0.3, 0.4) is 0 Å². The molecule has 2 saturated heterocycles. The highest BCUT2D eigenvalue weighted by Crippen LogP contribution is 2.20. The first-order chi connectivity index (χ1) is 15.1. The first-order valence-electron chi connectivity index (χ1n) is 11.2. The molecule has 4 rings (SSSR count). The summed E-state index contributed by atoms with van der Waals surface area (Å²) >= 11 is 0. The summed E-state index contributed by atoms with van der Waals surface area (Å²) in [4.78, 5) is 23.7. The largest absolute Gasteiger partial charge is 0.355 e. The number of nitrogens with one attached hydrogen (secondary N) is 1. The third-order valence-electron chi connectivity index (χ3n) is 6.21. The molecule has 2 fully saturated rings. The lowest BCUT2D eigenvalue weighted by Gasteiger charge is -2.38. The van der Waals surface area contributed by atoms with Crippen LogP contribution in [0.4, 0.5) is 5.69 Å². The first-order valence-corrected chi connectivity index (χ1v) is 11.2. The third-order valence-corrected chi connectivity index (χ3v) is 6.21. The fraction of sp³-hybridized carbons (Fsp3) is 0.522. The van der Waals surface area contributed by atoms with Gasteiger partial charge in [-0.3, -0.25) is 19.4 Å². The summed E-state index contributed by atoms with van der Waals surface area (Å²) in [6.07, 6.45) is 7.32. The van der Waals surface area contributed by atoms with E-state index in [4.69, 9.17) is 0 Å². The lowest BCUT2D eigenvalue weighted by Crippen LogP contribution is -2.57. The maximum absolute atomic E-state index is 12.8. The molecule has 0 spiro atoms. The van der Waals surface area contributed by atoms with Gasteiger partial charge in [-0.2, -0.15) is 5.10 Å². The SMILES string of the molecule is CN=C(NCC1CCCCN1Cc1ccccc1)N1CCN(c2cnn(C)c2)C(=O)C1. The van der Waals surface area contributed by atoms with Gasteiger partial charge in [-0.1, -0.05) is 36.8 Å². The Hall–Kier alpha value is -2.87. The van der Waals surface area contributed by atoms with Gasteiger partial charge in [0.05, 0.1) is 11.9 Å². The molecule has 8 heteroatoms. The van der Waals surface area contributed by atoms with E-state index in [0.717, 1.165) is 37.8 Å². The number of aryl methyl sites for hydroxylation is 1. The molecule has 2 aliphatic rings. The smallest absolute Gasteiger partial charge is 0.246 e. The van der Waals surface area contributed by atoms with Crippen LogP contribution in [-0.2, 0) is 18.4 Å². The van der Waals surface area contributed by atoms with Crippen LogP contribution >= 0.6 is 0 Å². The van der Waals surface area contributed by atoms with Gasteiger partial charge in [-0.05, 0) is 24.9 Å². The summed E-state index contributed by atoms with van der Waals surface area (Å²) in [5.41, 5.74) is 2.21. The quantitative estimate of drug-likeness (QED) is 0.586. The van der Waals surface area contributed by atoms with Gasteiger partial charge in [0.15, 0.2) is 5.96 Å². The number of amides is 1. The summed E-state index contributed by atoms with van der Waals surface area (Å²) in [6, 6.07) is 11.2. The van der Waals surface area contributed by atoms with Crippen molar-refractivity contribution in [2.75, 3.05) is 44.7 Å². The Kier molecular flexibility index (Phi) is 6.86. The molecule has 8 nitrogen and oxygen atoms in total. The molecule has 0 radical (unpaired) electrons. The van der Waals surface area contributed by atoms with Crippen molar-refractivity contribution >= 4 is 17.6 Å². The molecule has 0 aliphatic carbocycles. The van der Waals surface area contributed by atoms with Gasteiger partial charge in [0.25, 0.3) is 0 Å². The number of likely N-dealkylation sites (tertiary alicyclic amines) is 1. The summed E-state index contributed by atoms with van der Waals surface area (Å²) < 4.78 is 1.72. The van der Waals surface area contributed by atoms with Gasteiger partial charge in [0, 0.05) is 52.5 Å². The fourth-order valence-corrected chi connectivity index (χ4v) is 4.53. The number of hydrogen-bond acceptors (Lipinski definition) is 4. The molecule has 1 unspecified atom stereocenters. The summed E-state index contributed by atoms with van der Waals surface area (Å²) in [6.45, 7) is 4.66. The first kappa shape index (κ1) is 21.4. The van der Waals surface area contributed by atoms with Gasteiger partial charge < -0.3 is 15.1 Å². The van der Waals surface area contributed by atoms with Crippen LogP contribution < -0.4 is 10.2 Å². The molecular weight excluding hydrogens is 390 g/mol. The average Bonchev–Trinajstić information content (AvgIpc) is 3.22. The predicted molar refractivity (Wildman–Crippen MR) is 123 cm³/mol. The number of anilines is 1. The molecule has 3 heterocycles. The van der Waals surface area contributed by atoms with Crippen molar-refractivity contribution in [2.24, 2.45) is 12.0 Å². The van der Waals surface area contributed by atoms with Crippen molar-refractivity contribution in [1.29, 1.82) is 0 Å². The van der Waals surface area contributed by atoms with Gasteiger partial charge in [0.1, 0.15) is 6.54 Å². The van der Waals surface area contributed by atoms with E-state index >= 15 is 0 Å². The molecule has 166 valence electrons. The third kappa shape index (κ3) is 5.25. The van der Waals surface area contributed by atoms with Crippen molar-refractivity contribution < 1.29 is 4.79 Å². The van der Waals surface area contributed by atoms with Gasteiger partial charge in [-0.25, -0.2) is 0 Å². The summed E-state index contributed by atoms with van der Waals surface area (Å²) in [7, 11) is 3.66. The minimum absolute atomic E-state index is 0.0746. The summed E-state index contributed by atoms with van der Waals surface area (Å²) in [5, 5.41) is 7.73. The molecular formula is C23H33N7O. The zero-order valence-corrected chi connectivity index (χ0v) is 18.6. The van der Waals surface area contributed by atoms with E-state index in [9.17, 15) is 4.79 Å². The van der Waals surface area contributed by atoms with Crippen molar-refractivity contribution in [2.45, 2.75) is 31.8 Å². The van der Waals surface area contributed by atoms with Gasteiger partial charge in [0.2, 0.25) is 5.91 Å². The number of guanidine groups is 1. The zero-order chi connectivity index (χ0) is 21.6. The number of aliphatic imine (C=N–C) groups is 1. The van der Waals surface area contributed by atoms with Gasteiger partial charge >= 0.3 is 0 Å². The van der Waals surface area contributed by atoms with Crippen LogP contribution in [-0.4, -0.2) is 77.3 Å². The number of piperidine rings is 1. The fourth-order valence-electron chi connectivity index (χ4n) is 4.53. The Bertz CT molecular complexity index is 894. The molecule has 0 saturated carbocycles. The predicted octanol–water partition coefficient (Wildman–Crippen LogP) is 1.70. The van der Waals surface area contributed by atoms with E-state index in [1.165, 1.54) is 24.8 Å². The Labute approximate surface area is 184 Å².